The van der Waals surface area contributed by atoms with Gasteiger partial charge < -0.3 is 15.1 Å². The molecule has 2 aromatic rings. The topological polar surface area (TPSA) is 52.7 Å². The second-order valence-electron chi connectivity index (χ2n) is 6.67. The minimum absolute atomic E-state index is 0. The molecule has 0 aromatic heterocycles. The zero-order valence-electron chi connectivity index (χ0n) is 16.0. The fourth-order valence-corrected chi connectivity index (χ4v) is 3.47. The van der Waals surface area contributed by atoms with Crippen LogP contribution in [-0.4, -0.2) is 54.8 Å². The van der Waals surface area contributed by atoms with Gasteiger partial charge in [-0.3, -0.25) is 9.59 Å². The van der Waals surface area contributed by atoms with E-state index >= 15 is 0 Å². The first-order valence-corrected chi connectivity index (χ1v) is 9.51. The number of benzene rings is 2. The minimum atomic E-state index is -0.0948. The predicted molar refractivity (Wildman–Crippen MR) is 114 cm³/mol. The molecule has 3 rings (SSSR count). The van der Waals surface area contributed by atoms with Gasteiger partial charge in [-0.15, -0.1) is 12.4 Å². The number of amides is 2. The van der Waals surface area contributed by atoms with Gasteiger partial charge in [-0.05, 0) is 42.8 Å². The minimum Gasteiger partial charge on any atom is -0.342 e. The molecule has 1 aliphatic rings. The van der Waals surface area contributed by atoms with Crippen LogP contribution < -0.4 is 5.32 Å². The number of hydrogen-bond acceptors (Lipinski definition) is 3. The molecule has 1 aliphatic heterocycles. The Morgan fingerprint density at radius 3 is 2.61 bits per heavy atom. The Morgan fingerprint density at radius 1 is 1.18 bits per heavy atom. The van der Waals surface area contributed by atoms with Crippen LogP contribution in [0, 0.1) is 0 Å². The molecule has 150 valence electrons. The van der Waals surface area contributed by atoms with Crippen molar-refractivity contribution in [1.29, 1.82) is 0 Å². The van der Waals surface area contributed by atoms with Crippen molar-refractivity contribution >= 4 is 35.8 Å². The van der Waals surface area contributed by atoms with E-state index in [2.05, 4.69) is 5.32 Å². The molecule has 2 amide bonds. The van der Waals surface area contributed by atoms with E-state index in [1.54, 1.807) is 36.2 Å². The largest absolute Gasteiger partial charge is 0.342 e. The molecule has 1 unspecified atom stereocenters. The van der Waals surface area contributed by atoms with Crippen LogP contribution in [-0.2, 0) is 0 Å². The van der Waals surface area contributed by atoms with Gasteiger partial charge in [-0.2, -0.15) is 0 Å². The van der Waals surface area contributed by atoms with E-state index in [9.17, 15) is 9.59 Å². The van der Waals surface area contributed by atoms with Gasteiger partial charge in [0.1, 0.15) is 0 Å². The van der Waals surface area contributed by atoms with Crippen LogP contribution in [0.1, 0.15) is 39.2 Å². The summed E-state index contributed by atoms with van der Waals surface area (Å²) in [5.74, 6) is -0.158. The smallest absolute Gasteiger partial charge is 0.254 e. The van der Waals surface area contributed by atoms with Crippen molar-refractivity contribution in [3.8, 4) is 0 Å². The lowest BCUT2D eigenvalue weighted by Crippen LogP contribution is -2.48. The van der Waals surface area contributed by atoms with E-state index in [0.717, 1.165) is 12.1 Å². The van der Waals surface area contributed by atoms with Crippen LogP contribution in [0.15, 0.2) is 48.5 Å². The monoisotopic (exact) mass is 421 g/mol. The molecule has 28 heavy (non-hydrogen) atoms. The molecular formula is C21H25Cl2N3O2. The average Bonchev–Trinajstić information content (AvgIpc) is 2.72. The van der Waals surface area contributed by atoms with Gasteiger partial charge in [-0.1, -0.05) is 29.8 Å². The highest BCUT2D eigenvalue weighted by Gasteiger charge is 2.29. The maximum atomic E-state index is 13.2. The van der Waals surface area contributed by atoms with Crippen molar-refractivity contribution in [3.05, 3.63) is 70.2 Å². The Morgan fingerprint density at radius 2 is 1.89 bits per heavy atom. The van der Waals surface area contributed by atoms with E-state index in [1.807, 2.05) is 36.1 Å². The van der Waals surface area contributed by atoms with Crippen molar-refractivity contribution in [2.45, 2.75) is 13.0 Å². The standard InChI is InChI=1S/C21H24ClN3O2.ClH/c1-3-24(2)20(26)16-7-4-8-17(12-16)21(27)25-11-10-23-14-19(25)15-6-5-9-18(22)13-15;/h4-9,12-13,19,23H,3,10-11,14H2,1-2H3;1H. The van der Waals surface area contributed by atoms with Gasteiger partial charge in [0.05, 0.1) is 6.04 Å². The van der Waals surface area contributed by atoms with Crippen molar-refractivity contribution < 1.29 is 9.59 Å². The van der Waals surface area contributed by atoms with E-state index in [-0.39, 0.29) is 30.3 Å². The third-order valence-corrected chi connectivity index (χ3v) is 5.15. The molecule has 7 heteroatoms. The fraction of sp³-hybridized carbons (Fsp3) is 0.333. The second-order valence-corrected chi connectivity index (χ2v) is 7.11. The summed E-state index contributed by atoms with van der Waals surface area (Å²) in [6.07, 6.45) is 0. The summed E-state index contributed by atoms with van der Waals surface area (Å²) in [5, 5.41) is 4.00. The van der Waals surface area contributed by atoms with Crippen LogP contribution >= 0.6 is 24.0 Å². The summed E-state index contributed by atoms with van der Waals surface area (Å²) in [6, 6.07) is 14.5. The Bertz CT molecular complexity index is 844. The Balaban J connectivity index is 0.00000280. The van der Waals surface area contributed by atoms with E-state index in [1.165, 1.54) is 0 Å². The van der Waals surface area contributed by atoms with Gasteiger partial charge >= 0.3 is 0 Å². The van der Waals surface area contributed by atoms with Crippen LogP contribution in [0.5, 0.6) is 0 Å². The number of halogens is 2. The van der Waals surface area contributed by atoms with Gasteiger partial charge in [0.2, 0.25) is 0 Å². The summed E-state index contributed by atoms with van der Waals surface area (Å²) in [6.45, 7) is 4.54. The predicted octanol–water partition coefficient (Wildman–Crippen LogP) is 3.64. The van der Waals surface area contributed by atoms with E-state index in [0.29, 0.717) is 35.8 Å². The SMILES string of the molecule is CCN(C)C(=O)c1cccc(C(=O)N2CCNCC2c2cccc(Cl)c2)c1.Cl. The maximum Gasteiger partial charge on any atom is 0.254 e. The first-order chi connectivity index (χ1) is 13.0. The van der Waals surface area contributed by atoms with Crippen LogP contribution in [0.4, 0.5) is 0 Å². The molecule has 1 heterocycles. The average molecular weight is 422 g/mol. The molecule has 0 aliphatic carbocycles. The quantitative estimate of drug-likeness (QED) is 0.819. The number of piperazine rings is 1. The van der Waals surface area contributed by atoms with Crippen LogP contribution in [0.2, 0.25) is 5.02 Å². The number of nitrogens with one attached hydrogen (secondary N) is 1. The molecule has 0 saturated carbocycles. The van der Waals surface area contributed by atoms with Crippen molar-refractivity contribution in [2.75, 3.05) is 33.2 Å². The van der Waals surface area contributed by atoms with Gasteiger partial charge in [-0.25, -0.2) is 0 Å². The zero-order valence-corrected chi connectivity index (χ0v) is 17.6. The molecule has 5 nitrogen and oxygen atoms in total. The molecule has 1 fully saturated rings. The highest BCUT2D eigenvalue weighted by molar-refractivity contribution is 6.30. The van der Waals surface area contributed by atoms with Crippen molar-refractivity contribution in [3.63, 3.8) is 0 Å². The number of hydrogen-bond donors (Lipinski definition) is 1. The van der Waals surface area contributed by atoms with Crippen molar-refractivity contribution in [2.24, 2.45) is 0 Å². The summed E-state index contributed by atoms with van der Waals surface area (Å²) in [7, 11) is 1.75. The number of carbonyl (C=O) groups excluding carboxylic acids is 2. The fourth-order valence-electron chi connectivity index (χ4n) is 3.27. The zero-order chi connectivity index (χ0) is 19.4. The summed E-state index contributed by atoms with van der Waals surface area (Å²) >= 11 is 6.14. The van der Waals surface area contributed by atoms with Gasteiger partial charge in [0.25, 0.3) is 11.8 Å². The molecule has 1 saturated heterocycles. The normalized spacial score (nSPS) is 16.2. The lowest BCUT2D eigenvalue weighted by Gasteiger charge is -2.36. The second kappa shape index (κ2) is 9.92. The maximum absolute atomic E-state index is 13.2. The molecular weight excluding hydrogens is 397 g/mol. The number of nitrogens with zero attached hydrogens (tertiary/aromatic N) is 2. The van der Waals surface area contributed by atoms with Crippen LogP contribution in [0.25, 0.3) is 0 Å². The van der Waals surface area contributed by atoms with Gasteiger partial charge in [0.15, 0.2) is 0 Å². The summed E-state index contributed by atoms with van der Waals surface area (Å²) in [4.78, 5) is 29.1. The third kappa shape index (κ3) is 4.85. The number of rotatable bonds is 4. The summed E-state index contributed by atoms with van der Waals surface area (Å²) in [5.41, 5.74) is 2.06. The third-order valence-electron chi connectivity index (χ3n) is 4.92. The van der Waals surface area contributed by atoms with E-state index < -0.39 is 0 Å². The van der Waals surface area contributed by atoms with Gasteiger partial charge in [0, 0.05) is 49.4 Å². The van der Waals surface area contributed by atoms with E-state index in [4.69, 9.17) is 11.6 Å². The first-order valence-electron chi connectivity index (χ1n) is 9.14. The lowest BCUT2D eigenvalue weighted by atomic mass is 10.0. The lowest BCUT2D eigenvalue weighted by molar-refractivity contribution is 0.0634. The molecule has 0 bridgehead atoms. The molecule has 1 N–H and O–H groups in total. The Hall–Kier alpha value is -2.08. The van der Waals surface area contributed by atoms with Crippen LogP contribution in [0.3, 0.4) is 0 Å². The first kappa shape index (κ1) is 22.2. The molecule has 0 spiro atoms. The number of carbonyl (C=O) groups is 2. The van der Waals surface area contributed by atoms with Crippen molar-refractivity contribution in [1.82, 2.24) is 15.1 Å². The molecule has 0 radical (unpaired) electrons. The Kier molecular flexibility index (Phi) is 7.87. The molecule has 1 atom stereocenters. The Labute approximate surface area is 177 Å². The molecule has 2 aromatic carbocycles. The highest BCUT2D eigenvalue weighted by atomic mass is 35.5. The summed E-state index contributed by atoms with van der Waals surface area (Å²) < 4.78 is 0. The highest BCUT2D eigenvalue weighted by Crippen LogP contribution is 2.26.